The number of aromatic nitrogens is 3. The summed E-state index contributed by atoms with van der Waals surface area (Å²) in [5.74, 6) is 0.509. The van der Waals surface area contributed by atoms with Crippen molar-refractivity contribution in [1.29, 1.82) is 0 Å². The summed E-state index contributed by atoms with van der Waals surface area (Å²) in [5, 5.41) is 2.97. The third kappa shape index (κ3) is 4.55. The largest absolute Gasteiger partial charge is 0.374 e. The molecule has 2 heterocycles. The second-order valence-electron chi connectivity index (χ2n) is 6.18. The van der Waals surface area contributed by atoms with Crippen LogP contribution in [0.4, 0.5) is 0 Å². The van der Waals surface area contributed by atoms with Crippen LogP contribution in [0.1, 0.15) is 35.3 Å². The van der Waals surface area contributed by atoms with Crippen molar-refractivity contribution in [2.75, 3.05) is 0 Å². The number of nitrogens with zero attached hydrogens (tertiary/aromatic N) is 3. The Labute approximate surface area is 152 Å². The summed E-state index contributed by atoms with van der Waals surface area (Å²) in [5.41, 5.74) is 2.68. The molecule has 1 aromatic carbocycles. The van der Waals surface area contributed by atoms with Crippen LogP contribution in [0, 0.1) is 0 Å². The Morgan fingerprint density at radius 2 is 2.00 bits per heavy atom. The first-order valence-corrected chi connectivity index (χ1v) is 8.54. The lowest BCUT2D eigenvalue weighted by Gasteiger charge is -2.13. The Morgan fingerprint density at radius 3 is 2.73 bits per heavy atom. The highest BCUT2D eigenvalue weighted by Crippen LogP contribution is 2.12. The summed E-state index contributed by atoms with van der Waals surface area (Å²) < 4.78 is 7.45. The minimum atomic E-state index is -0.145. The van der Waals surface area contributed by atoms with E-state index in [1.807, 2.05) is 38.1 Å². The molecule has 0 aliphatic carbocycles. The number of amides is 1. The van der Waals surface area contributed by atoms with E-state index in [4.69, 9.17) is 4.74 Å². The topological polar surface area (TPSA) is 69.0 Å². The van der Waals surface area contributed by atoms with Crippen molar-refractivity contribution in [2.45, 2.75) is 33.1 Å². The molecule has 0 unspecified atom stereocenters. The molecular weight excluding hydrogens is 328 g/mol. The highest BCUT2D eigenvalue weighted by Gasteiger charge is 2.09. The fraction of sp³-hybridized carbons (Fsp3) is 0.250. The maximum Gasteiger partial charge on any atom is 0.251 e. The minimum absolute atomic E-state index is 0.145. The molecule has 0 radical (unpaired) electrons. The molecule has 6 nitrogen and oxygen atoms in total. The molecule has 0 spiro atoms. The van der Waals surface area contributed by atoms with E-state index in [0.717, 1.165) is 11.1 Å². The van der Waals surface area contributed by atoms with Gasteiger partial charge in [-0.05, 0) is 37.1 Å². The number of rotatable bonds is 7. The van der Waals surface area contributed by atoms with Crippen molar-refractivity contribution in [2.24, 2.45) is 0 Å². The first-order chi connectivity index (χ1) is 12.6. The molecular formula is C20H22N4O2. The summed E-state index contributed by atoms with van der Waals surface area (Å²) in [6, 6.07) is 11.4. The molecule has 0 aliphatic rings. The van der Waals surface area contributed by atoms with Gasteiger partial charge in [0.15, 0.2) is 0 Å². The zero-order chi connectivity index (χ0) is 18.4. The molecule has 0 saturated heterocycles. The van der Waals surface area contributed by atoms with E-state index in [2.05, 4.69) is 15.3 Å². The number of carbonyl (C=O) groups is 1. The number of hydrogen-bond acceptors (Lipinski definition) is 4. The van der Waals surface area contributed by atoms with Gasteiger partial charge in [0.05, 0.1) is 12.7 Å². The van der Waals surface area contributed by atoms with Gasteiger partial charge in [0.1, 0.15) is 12.1 Å². The van der Waals surface area contributed by atoms with Gasteiger partial charge in [0.2, 0.25) is 0 Å². The van der Waals surface area contributed by atoms with Gasteiger partial charge in [0.25, 0.3) is 5.91 Å². The van der Waals surface area contributed by atoms with Crippen LogP contribution in [-0.4, -0.2) is 26.5 Å². The second-order valence-corrected chi connectivity index (χ2v) is 6.18. The standard InChI is InChI=1S/C20H22N4O2/c1-15(2)26-13-18-6-4-3-5-17(18)12-23-20(25)16-7-8-22-19(11-16)24-10-9-21-14-24/h3-11,14-15H,12-13H2,1-2H3,(H,23,25). The fourth-order valence-corrected chi connectivity index (χ4v) is 2.50. The van der Waals surface area contributed by atoms with E-state index in [9.17, 15) is 4.79 Å². The Morgan fingerprint density at radius 1 is 1.19 bits per heavy atom. The van der Waals surface area contributed by atoms with Crippen LogP contribution >= 0.6 is 0 Å². The van der Waals surface area contributed by atoms with Gasteiger partial charge in [-0.2, -0.15) is 0 Å². The Hall–Kier alpha value is -2.99. The van der Waals surface area contributed by atoms with Gasteiger partial charge >= 0.3 is 0 Å². The maximum atomic E-state index is 12.5. The molecule has 0 saturated carbocycles. The molecule has 1 N–H and O–H groups in total. The summed E-state index contributed by atoms with van der Waals surface area (Å²) >= 11 is 0. The fourth-order valence-electron chi connectivity index (χ4n) is 2.50. The lowest BCUT2D eigenvalue weighted by Crippen LogP contribution is -2.23. The van der Waals surface area contributed by atoms with Crippen molar-refractivity contribution in [3.63, 3.8) is 0 Å². The molecule has 134 valence electrons. The number of carbonyl (C=O) groups excluding carboxylic acids is 1. The molecule has 3 aromatic rings. The number of imidazole rings is 1. The van der Waals surface area contributed by atoms with E-state index in [1.54, 1.807) is 41.6 Å². The highest BCUT2D eigenvalue weighted by atomic mass is 16.5. The average Bonchev–Trinajstić information content (AvgIpc) is 3.20. The van der Waals surface area contributed by atoms with E-state index in [-0.39, 0.29) is 12.0 Å². The van der Waals surface area contributed by atoms with Crippen LogP contribution in [0.5, 0.6) is 0 Å². The van der Waals surface area contributed by atoms with E-state index in [1.165, 1.54) is 0 Å². The number of benzene rings is 1. The van der Waals surface area contributed by atoms with Crippen LogP contribution in [0.25, 0.3) is 5.82 Å². The summed E-state index contributed by atoms with van der Waals surface area (Å²) in [6.07, 6.45) is 6.89. The van der Waals surface area contributed by atoms with Gasteiger partial charge in [-0.3, -0.25) is 9.36 Å². The van der Waals surface area contributed by atoms with Gasteiger partial charge in [-0.15, -0.1) is 0 Å². The van der Waals surface area contributed by atoms with Gasteiger partial charge in [-0.25, -0.2) is 9.97 Å². The minimum Gasteiger partial charge on any atom is -0.374 e. The summed E-state index contributed by atoms with van der Waals surface area (Å²) in [4.78, 5) is 20.8. The third-order valence-corrected chi connectivity index (χ3v) is 3.91. The predicted molar refractivity (Wildman–Crippen MR) is 98.9 cm³/mol. The van der Waals surface area contributed by atoms with Crippen molar-refractivity contribution in [1.82, 2.24) is 19.9 Å². The molecule has 6 heteroatoms. The third-order valence-electron chi connectivity index (χ3n) is 3.91. The molecule has 0 fully saturated rings. The number of pyridine rings is 1. The number of nitrogens with one attached hydrogen (secondary N) is 1. The second kappa shape index (κ2) is 8.40. The average molecular weight is 350 g/mol. The molecule has 3 rings (SSSR count). The Kier molecular flexibility index (Phi) is 5.76. The lowest BCUT2D eigenvalue weighted by atomic mass is 10.1. The number of ether oxygens (including phenoxy) is 1. The van der Waals surface area contributed by atoms with Crippen molar-refractivity contribution in [3.8, 4) is 5.82 Å². The SMILES string of the molecule is CC(C)OCc1ccccc1CNC(=O)c1ccnc(-n2ccnc2)c1. The molecule has 1 amide bonds. The van der Waals surface area contributed by atoms with Gasteiger partial charge in [0, 0.05) is 30.7 Å². The monoisotopic (exact) mass is 350 g/mol. The van der Waals surface area contributed by atoms with Crippen LogP contribution in [-0.2, 0) is 17.9 Å². The van der Waals surface area contributed by atoms with Crippen LogP contribution in [0.2, 0.25) is 0 Å². The summed E-state index contributed by atoms with van der Waals surface area (Å²) in [6.45, 7) is 4.99. The van der Waals surface area contributed by atoms with Gasteiger partial charge < -0.3 is 10.1 Å². The van der Waals surface area contributed by atoms with Crippen LogP contribution in [0.3, 0.4) is 0 Å². The van der Waals surface area contributed by atoms with Crippen molar-refractivity contribution >= 4 is 5.91 Å². The van der Waals surface area contributed by atoms with E-state index < -0.39 is 0 Å². The zero-order valence-corrected chi connectivity index (χ0v) is 14.9. The normalized spacial score (nSPS) is 10.9. The van der Waals surface area contributed by atoms with E-state index in [0.29, 0.717) is 24.5 Å². The summed E-state index contributed by atoms with van der Waals surface area (Å²) in [7, 11) is 0. The lowest BCUT2D eigenvalue weighted by molar-refractivity contribution is 0.0651. The van der Waals surface area contributed by atoms with Crippen LogP contribution in [0.15, 0.2) is 61.3 Å². The molecule has 0 atom stereocenters. The molecule has 2 aromatic heterocycles. The first-order valence-electron chi connectivity index (χ1n) is 8.54. The molecule has 0 aliphatic heterocycles. The maximum absolute atomic E-state index is 12.5. The predicted octanol–water partition coefficient (Wildman–Crippen LogP) is 3.12. The number of hydrogen-bond donors (Lipinski definition) is 1. The zero-order valence-electron chi connectivity index (χ0n) is 14.9. The van der Waals surface area contributed by atoms with Gasteiger partial charge in [-0.1, -0.05) is 24.3 Å². The molecule has 0 bridgehead atoms. The Bertz CT molecular complexity index is 860. The first kappa shape index (κ1) is 17.8. The molecule has 26 heavy (non-hydrogen) atoms. The van der Waals surface area contributed by atoms with E-state index >= 15 is 0 Å². The quantitative estimate of drug-likeness (QED) is 0.711. The van der Waals surface area contributed by atoms with Crippen molar-refractivity contribution in [3.05, 3.63) is 78.0 Å². The van der Waals surface area contributed by atoms with Crippen LogP contribution < -0.4 is 5.32 Å². The smallest absolute Gasteiger partial charge is 0.251 e. The highest BCUT2D eigenvalue weighted by molar-refractivity contribution is 5.94. The Balaban J connectivity index is 1.67. The van der Waals surface area contributed by atoms with Crippen molar-refractivity contribution < 1.29 is 9.53 Å².